The lowest BCUT2D eigenvalue weighted by molar-refractivity contribution is 0.0966. The van der Waals surface area contributed by atoms with Crippen LogP contribution in [-0.2, 0) is 10.0 Å². The van der Waals surface area contributed by atoms with E-state index in [1.54, 1.807) is 25.1 Å². The number of aromatic nitrogens is 1. The van der Waals surface area contributed by atoms with Crippen molar-refractivity contribution in [1.82, 2.24) is 15.1 Å². The van der Waals surface area contributed by atoms with Gasteiger partial charge in [0.05, 0.1) is 25.5 Å². The molecule has 0 spiro atoms. The van der Waals surface area contributed by atoms with Gasteiger partial charge in [0.15, 0.2) is 0 Å². The molecule has 29 heavy (non-hydrogen) atoms. The highest BCUT2D eigenvalue weighted by atomic mass is 35.5. The largest absolute Gasteiger partial charge is 0.298 e. The van der Waals surface area contributed by atoms with Crippen LogP contribution in [-0.4, -0.2) is 25.4 Å². The summed E-state index contributed by atoms with van der Waals surface area (Å²) < 4.78 is 27.7. The molecule has 2 aromatic heterocycles. The average molecular weight is 469 g/mol. The van der Waals surface area contributed by atoms with Gasteiger partial charge in [0.1, 0.15) is 9.88 Å². The van der Waals surface area contributed by atoms with Gasteiger partial charge in [0.25, 0.3) is 5.91 Å². The number of sulfonamides is 1. The number of anilines is 1. The number of hydrazine groups is 1. The van der Waals surface area contributed by atoms with Crippen LogP contribution in [0.4, 0.5) is 5.69 Å². The molecule has 0 saturated heterocycles. The summed E-state index contributed by atoms with van der Waals surface area (Å²) in [6.07, 6.45) is 1.76. The Morgan fingerprint density at radius 2 is 1.86 bits per heavy atom. The van der Waals surface area contributed by atoms with Gasteiger partial charge in [-0.15, -0.1) is 22.7 Å². The second-order valence-corrected chi connectivity index (χ2v) is 11.0. The van der Waals surface area contributed by atoms with Crippen molar-refractivity contribution in [2.45, 2.75) is 30.7 Å². The molecule has 0 aliphatic heterocycles. The van der Waals surface area contributed by atoms with Crippen LogP contribution in [0.1, 0.15) is 28.2 Å². The van der Waals surface area contributed by atoms with Gasteiger partial charge in [-0.05, 0) is 56.2 Å². The molecule has 1 saturated carbocycles. The van der Waals surface area contributed by atoms with Gasteiger partial charge in [-0.25, -0.2) is 18.1 Å². The Balaban J connectivity index is 1.40. The molecule has 3 aromatic rings. The van der Waals surface area contributed by atoms with Crippen LogP contribution in [0.15, 0.2) is 41.3 Å². The number of hydrogen-bond acceptors (Lipinski definition) is 7. The van der Waals surface area contributed by atoms with Crippen LogP contribution in [0.2, 0.25) is 4.34 Å². The fourth-order valence-corrected chi connectivity index (χ4v) is 5.90. The van der Waals surface area contributed by atoms with E-state index < -0.39 is 10.0 Å². The number of amides is 1. The maximum absolute atomic E-state index is 12.5. The molecule has 1 fully saturated rings. The number of hydrogen-bond donors (Lipinski definition) is 3. The van der Waals surface area contributed by atoms with Crippen molar-refractivity contribution >= 4 is 55.9 Å². The van der Waals surface area contributed by atoms with Gasteiger partial charge in [-0.2, -0.15) is 0 Å². The van der Waals surface area contributed by atoms with E-state index in [1.807, 2.05) is 6.07 Å². The Morgan fingerprint density at radius 1 is 1.14 bits per heavy atom. The van der Waals surface area contributed by atoms with Crippen molar-refractivity contribution in [3.05, 3.63) is 51.3 Å². The number of halogens is 1. The molecule has 0 unspecified atom stereocenters. The second-order valence-electron chi connectivity index (χ2n) is 6.54. The van der Waals surface area contributed by atoms with Crippen molar-refractivity contribution in [2.75, 3.05) is 5.43 Å². The summed E-state index contributed by atoms with van der Waals surface area (Å²) in [5.41, 5.74) is 6.61. The highest BCUT2D eigenvalue weighted by Gasteiger charge is 2.27. The number of thiazole rings is 1. The topological polar surface area (TPSA) is 100 Å². The molecule has 2 heterocycles. The van der Waals surface area contributed by atoms with E-state index in [1.165, 1.54) is 34.8 Å². The van der Waals surface area contributed by atoms with E-state index in [4.69, 9.17) is 11.6 Å². The summed E-state index contributed by atoms with van der Waals surface area (Å²) in [7, 11) is -3.50. The molecule has 1 aliphatic rings. The van der Waals surface area contributed by atoms with E-state index in [0.717, 1.165) is 22.7 Å². The number of nitrogens with one attached hydrogen (secondary N) is 3. The molecule has 4 rings (SSSR count). The first-order valence-electron chi connectivity index (χ1n) is 8.74. The van der Waals surface area contributed by atoms with Crippen LogP contribution in [0.5, 0.6) is 0 Å². The first-order chi connectivity index (χ1) is 13.8. The molecule has 152 valence electrons. The van der Waals surface area contributed by atoms with Crippen molar-refractivity contribution in [3.8, 4) is 9.88 Å². The van der Waals surface area contributed by atoms with Crippen LogP contribution >= 0.6 is 34.3 Å². The third kappa shape index (κ3) is 4.78. The van der Waals surface area contributed by atoms with Gasteiger partial charge in [-0.1, -0.05) is 11.6 Å². The lowest BCUT2D eigenvalue weighted by atomic mass is 10.3. The minimum atomic E-state index is -3.50. The van der Waals surface area contributed by atoms with Gasteiger partial charge in [0, 0.05) is 6.04 Å². The zero-order chi connectivity index (χ0) is 20.6. The standard InChI is InChI=1S/C18H17ClN4O3S3/c1-10-16(28-18(20-10)14-8-9-15(19)27-14)17(24)22-21-11-4-6-13(7-5-11)29(25,26)23-12-2-3-12/h4-9,12,21,23H,2-3H2,1H3,(H,22,24). The van der Waals surface area contributed by atoms with Crippen LogP contribution in [0.25, 0.3) is 9.88 Å². The monoisotopic (exact) mass is 468 g/mol. The normalized spacial score (nSPS) is 14.0. The van der Waals surface area contributed by atoms with E-state index >= 15 is 0 Å². The Hall–Kier alpha value is -1.98. The Morgan fingerprint density at radius 3 is 2.48 bits per heavy atom. The van der Waals surface area contributed by atoms with Crippen LogP contribution in [0.3, 0.4) is 0 Å². The Bertz CT molecular complexity index is 1150. The summed E-state index contributed by atoms with van der Waals surface area (Å²) in [6.45, 7) is 1.77. The quantitative estimate of drug-likeness (QED) is 0.454. The molecule has 1 amide bonds. The zero-order valence-electron chi connectivity index (χ0n) is 15.2. The van der Waals surface area contributed by atoms with Crippen molar-refractivity contribution in [3.63, 3.8) is 0 Å². The SMILES string of the molecule is Cc1nc(-c2ccc(Cl)s2)sc1C(=O)NNc1ccc(S(=O)(=O)NC2CC2)cc1. The Kier molecular flexibility index (Phi) is 5.63. The first kappa shape index (κ1) is 20.3. The minimum absolute atomic E-state index is 0.0508. The smallest absolute Gasteiger partial charge is 0.281 e. The number of thiophene rings is 1. The molecule has 1 aromatic carbocycles. The third-order valence-electron chi connectivity index (χ3n) is 4.17. The van der Waals surface area contributed by atoms with Gasteiger partial charge < -0.3 is 0 Å². The van der Waals surface area contributed by atoms with Crippen LogP contribution in [0, 0.1) is 6.92 Å². The molecular weight excluding hydrogens is 452 g/mol. The molecule has 1 aliphatic carbocycles. The number of carbonyl (C=O) groups excluding carboxylic acids is 1. The highest BCUT2D eigenvalue weighted by molar-refractivity contribution is 7.89. The van der Waals surface area contributed by atoms with Gasteiger partial charge in [0.2, 0.25) is 10.0 Å². The highest BCUT2D eigenvalue weighted by Crippen LogP contribution is 2.34. The van der Waals surface area contributed by atoms with Crippen molar-refractivity contribution in [1.29, 1.82) is 0 Å². The predicted molar refractivity (Wildman–Crippen MR) is 116 cm³/mol. The molecule has 3 N–H and O–H groups in total. The fourth-order valence-electron chi connectivity index (χ4n) is 2.53. The predicted octanol–water partition coefficient (Wildman–Crippen LogP) is 4.03. The maximum atomic E-state index is 12.5. The molecule has 0 radical (unpaired) electrons. The fraction of sp³-hybridized carbons (Fsp3) is 0.222. The molecule has 0 atom stereocenters. The summed E-state index contributed by atoms with van der Waals surface area (Å²) in [5.74, 6) is -0.319. The number of rotatable bonds is 7. The number of benzene rings is 1. The second kappa shape index (κ2) is 8.04. The number of aryl methyl sites for hydroxylation is 1. The average Bonchev–Trinajstić information content (AvgIpc) is 3.23. The van der Waals surface area contributed by atoms with E-state index in [-0.39, 0.29) is 16.8 Å². The molecule has 11 heteroatoms. The lowest BCUT2D eigenvalue weighted by Crippen LogP contribution is -2.29. The molecular formula is C18H17ClN4O3S3. The first-order valence-corrected chi connectivity index (χ1v) is 12.2. The summed E-state index contributed by atoms with van der Waals surface area (Å²) in [5, 5.41) is 0.738. The van der Waals surface area contributed by atoms with Crippen molar-refractivity contribution in [2.24, 2.45) is 0 Å². The Labute approximate surface area is 181 Å². The van der Waals surface area contributed by atoms with Crippen LogP contribution < -0.4 is 15.6 Å². The maximum Gasteiger partial charge on any atom is 0.281 e. The summed E-state index contributed by atoms with van der Waals surface area (Å²) in [6, 6.07) is 9.91. The van der Waals surface area contributed by atoms with E-state index in [9.17, 15) is 13.2 Å². The number of carbonyl (C=O) groups is 1. The minimum Gasteiger partial charge on any atom is -0.298 e. The summed E-state index contributed by atoms with van der Waals surface area (Å²) >= 11 is 8.66. The third-order valence-corrected chi connectivity index (χ3v) is 8.26. The number of nitrogens with zero attached hydrogens (tertiary/aromatic N) is 1. The summed E-state index contributed by atoms with van der Waals surface area (Å²) in [4.78, 5) is 18.5. The van der Waals surface area contributed by atoms with E-state index in [2.05, 4.69) is 20.6 Å². The van der Waals surface area contributed by atoms with Gasteiger partial charge >= 0.3 is 0 Å². The zero-order valence-corrected chi connectivity index (χ0v) is 18.4. The van der Waals surface area contributed by atoms with E-state index in [0.29, 0.717) is 20.6 Å². The molecule has 7 nitrogen and oxygen atoms in total. The lowest BCUT2D eigenvalue weighted by Gasteiger charge is -2.09. The molecule has 0 bridgehead atoms. The van der Waals surface area contributed by atoms with Gasteiger partial charge in [-0.3, -0.25) is 15.6 Å². The van der Waals surface area contributed by atoms with Crippen molar-refractivity contribution < 1.29 is 13.2 Å².